The zero-order valence-electron chi connectivity index (χ0n) is 33.7. The SMILES string of the molecule is CC(=O)N(C(=O)[C@H](CCC(N)=O)NC(=O)[C@@H](N)CO)[C@@H](CC(N)=O)C(=O)NC(CNC(=O)[C@@H](NC(=O)[C@@H](NC(=O)[C@@H]1CCCN1)C(C)C)C(C)C)Cc1ccccc1. The molecule has 322 valence electrons. The zero-order chi connectivity index (χ0) is 43.7. The maximum absolute atomic E-state index is 14.1. The molecule has 0 bridgehead atoms. The number of nitrogens with two attached hydrogens (primary N) is 3. The molecular formula is C38H60N10O10. The van der Waals surface area contributed by atoms with Gasteiger partial charge >= 0.3 is 0 Å². The highest BCUT2D eigenvalue weighted by Gasteiger charge is 2.39. The lowest BCUT2D eigenvalue weighted by molar-refractivity contribution is -0.154. The standard InChI is InChI=1S/C38H60N10O10/c1-20(2)31(47-37(57)32(21(3)4)46-34(54)26-12-9-15-42-26)36(56)43-18-24(16-23-10-7-6-8-11-23)44-35(55)28(17-30(41)52)48(22(5)50)38(58)27(13-14-29(40)51)45-33(53)25(39)19-49/h6-8,10-11,20-21,24-28,31-32,42,49H,9,12-19,39H2,1-5H3,(H2,40,51)(H2,41,52)(H,43,56)(H,44,55)(H,45,53)(H,46,54)(H,47,57)/t24?,25-,26-,27-,28-,31-,32-/m0/s1. The Morgan fingerprint density at radius 2 is 1.45 bits per heavy atom. The number of primary amides is 2. The summed E-state index contributed by atoms with van der Waals surface area (Å²) in [4.78, 5) is 118. The summed E-state index contributed by atoms with van der Waals surface area (Å²) < 4.78 is 0. The fourth-order valence-electron chi connectivity index (χ4n) is 6.27. The van der Waals surface area contributed by atoms with Crippen LogP contribution in [-0.2, 0) is 49.6 Å². The Morgan fingerprint density at radius 1 is 0.828 bits per heavy atom. The Hall–Kier alpha value is -5.47. The molecule has 0 spiro atoms. The van der Waals surface area contributed by atoms with Crippen LogP contribution in [0.1, 0.15) is 72.3 Å². The van der Waals surface area contributed by atoms with Gasteiger partial charge < -0.3 is 54.2 Å². The zero-order valence-corrected chi connectivity index (χ0v) is 33.7. The van der Waals surface area contributed by atoms with Gasteiger partial charge in [0.15, 0.2) is 0 Å². The molecule has 20 nitrogen and oxygen atoms in total. The predicted molar refractivity (Wildman–Crippen MR) is 210 cm³/mol. The minimum absolute atomic E-state index is 0.107. The Labute approximate surface area is 337 Å². The first-order valence-corrected chi connectivity index (χ1v) is 19.3. The molecule has 0 radical (unpaired) electrons. The van der Waals surface area contributed by atoms with Crippen LogP contribution >= 0.6 is 0 Å². The molecule has 0 aromatic heterocycles. The molecule has 7 atom stereocenters. The first-order chi connectivity index (χ1) is 27.3. The average Bonchev–Trinajstić information content (AvgIpc) is 3.71. The van der Waals surface area contributed by atoms with Crippen molar-refractivity contribution in [2.24, 2.45) is 29.0 Å². The van der Waals surface area contributed by atoms with Gasteiger partial charge in [-0.3, -0.25) is 48.1 Å². The van der Waals surface area contributed by atoms with E-state index in [0.717, 1.165) is 13.3 Å². The van der Waals surface area contributed by atoms with Gasteiger partial charge in [0, 0.05) is 19.9 Å². The van der Waals surface area contributed by atoms with E-state index in [9.17, 15) is 48.3 Å². The lowest BCUT2D eigenvalue weighted by Crippen LogP contribution is -2.61. The molecule has 20 heteroatoms. The van der Waals surface area contributed by atoms with Crippen LogP contribution in [0.25, 0.3) is 0 Å². The second-order valence-electron chi connectivity index (χ2n) is 15.0. The number of hydrogen-bond acceptors (Lipinski definition) is 12. The van der Waals surface area contributed by atoms with E-state index < -0.39 is 121 Å². The van der Waals surface area contributed by atoms with Crippen LogP contribution in [0.2, 0.25) is 0 Å². The van der Waals surface area contributed by atoms with Crippen LogP contribution in [0.3, 0.4) is 0 Å². The number of nitrogens with one attached hydrogen (secondary N) is 6. The molecule has 0 saturated carbocycles. The Balaban J connectivity index is 2.38. The fourth-order valence-corrected chi connectivity index (χ4v) is 6.27. The van der Waals surface area contributed by atoms with Crippen molar-refractivity contribution in [3.8, 4) is 0 Å². The molecule has 1 saturated heterocycles. The van der Waals surface area contributed by atoms with Crippen LogP contribution in [0.15, 0.2) is 30.3 Å². The molecule has 0 aliphatic carbocycles. The summed E-state index contributed by atoms with van der Waals surface area (Å²) in [5, 5.41) is 25.7. The largest absolute Gasteiger partial charge is 0.394 e. The first kappa shape index (κ1) is 48.7. The number of rotatable bonds is 23. The third-order valence-corrected chi connectivity index (χ3v) is 9.48. The predicted octanol–water partition coefficient (Wildman–Crippen LogP) is -3.45. The van der Waals surface area contributed by atoms with E-state index >= 15 is 0 Å². The maximum Gasteiger partial charge on any atom is 0.252 e. The number of hydrogen-bond donors (Lipinski definition) is 10. The number of carbonyl (C=O) groups is 9. The van der Waals surface area contributed by atoms with Crippen LogP contribution in [0.5, 0.6) is 0 Å². The van der Waals surface area contributed by atoms with E-state index in [2.05, 4.69) is 31.9 Å². The average molecular weight is 817 g/mol. The monoisotopic (exact) mass is 816 g/mol. The van der Waals surface area contributed by atoms with Crippen LogP contribution in [0.4, 0.5) is 0 Å². The Morgan fingerprint density at radius 3 is 1.97 bits per heavy atom. The summed E-state index contributed by atoms with van der Waals surface area (Å²) in [7, 11) is 0. The number of nitrogens with zero attached hydrogens (tertiary/aromatic N) is 1. The minimum Gasteiger partial charge on any atom is -0.394 e. The van der Waals surface area contributed by atoms with E-state index in [1.165, 1.54) is 0 Å². The highest BCUT2D eigenvalue weighted by Crippen LogP contribution is 2.14. The van der Waals surface area contributed by atoms with E-state index in [1.807, 2.05) is 0 Å². The highest BCUT2D eigenvalue weighted by atomic mass is 16.3. The molecule has 1 aliphatic heterocycles. The highest BCUT2D eigenvalue weighted by molar-refractivity contribution is 6.04. The lowest BCUT2D eigenvalue weighted by atomic mass is 9.99. The summed E-state index contributed by atoms with van der Waals surface area (Å²) in [6, 6.07) is 0.453. The first-order valence-electron chi connectivity index (χ1n) is 19.3. The molecular weight excluding hydrogens is 756 g/mol. The summed E-state index contributed by atoms with van der Waals surface area (Å²) in [6.45, 7) is 7.57. The summed E-state index contributed by atoms with van der Waals surface area (Å²) in [5.41, 5.74) is 17.0. The van der Waals surface area contributed by atoms with Gasteiger partial charge in [0.1, 0.15) is 30.2 Å². The topological polar surface area (TPSA) is 327 Å². The summed E-state index contributed by atoms with van der Waals surface area (Å²) >= 11 is 0. The van der Waals surface area contributed by atoms with Crippen molar-refractivity contribution in [1.29, 1.82) is 0 Å². The number of amides is 9. The summed E-state index contributed by atoms with van der Waals surface area (Å²) in [6.07, 6.45) is -0.137. The van der Waals surface area contributed by atoms with Crippen molar-refractivity contribution in [3.05, 3.63) is 35.9 Å². The van der Waals surface area contributed by atoms with E-state index in [0.29, 0.717) is 23.4 Å². The second-order valence-corrected chi connectivity index (χ2v) is 15.0. The Kier molecular flexibility index (Phi) is 19.9. The molecule has 1 heterocycles. The third kappa shape index (κ3) is 15.5. The van der Waals surface area contributed by atoms with E-state index in [4.69, 9.17) is 17.2 Å². The van der Waals surface area contributed by atoms with Crippen molar-refractivity contribution < 1.29 is 48.3 Å². The van der Waals surface area contributed by atoms with Crippen LogP contribution in [-0.4, -0.2) is 125 Å². The maximum atomic E-state index is 14.1. The van der Waals surface area contributed by atoms with Gasteiger partial charge in [-0.05, 0) is 49.6 Å². The number of benzene rings is 1. The number of aliphatic hydroxyl groups excluding tert-OH is 1. The number of aliphatic hydroxyl groups is 1. The quantitative estimate of drug-likeness (QED) is 0.0516. The molecule has 1 aromatic rings. The molecule has 1 aliphatic rings. The van der Waals surface area contributed by atoms with Gasteiger partial charge in [-0.15, -0.1) is 0 Å². The molecule has 1 unspecified atom stereocenters. The smallest absolute Gasteiger partial charge is 0.252 e. The van der Waals surface area contributed by atoms with Crippen molar-refractivity contribution >= 4 is 53.2 Å². The van der Waals surface area contributed by atoms with Gasteiger partial charge in [0.05, 0.1) is 25.1 Å². The number of carbonyl (C=O) groups excluding carboxylic acids is 9. The molecule has 9 amide bonds. The van der Waals surface area contributed by atoms with Gasteiger partial charge in [0.25, 0.3) is 5.91 Å². The molecule has 2 rings (SSSR count). The van der Waals surface area contributed by atoms with Crippen LogP contribution < -0.4 is 49.1 Å². The van der Waals surface area contributed by atoms with Gasteiger partial charge in [-0.25, -0.2) is 0 Å². The fraction of sp³-hybridized carbons (Fsp3) is 0.605. The van der Waals surface area contributed by atoms with Gasteiger partial charge in [-0.1, -0.05) is 58.0 Å². The lowest BCUT2D eigenvalue weighted by Gasteiger charge is -2.33. The van der Waals surface area contributed by atoms with E-state index in [1.54, 1.807) is 58.0 Å². The van der Waals surface area contributed by atoms with Crippen molar-refractivity contribution in [2.75, 3.05) is 19.7 Å². The molecule has 1 fully saturated rings. The third-order valence-electron chi connectivity index (χ3n) is 9.48. The van der Waals surface area contributed by atoms with Crippen molar-refractivity contribution in [1.82, 2.24) is 36.8 Å². The molecule has 13 N–H and O–H groups in total. The van der Waals surface area contributed by atoms with Gasteiger partial charge in [0.2, 0.25) is 47.3 Å². The summed E-state index contributed by atoms with van der Waals surface area (Å²) in [5.74, 6) is -8.37. The molecule has 58 heavy (non-hydrogen) atoms. The van der Waals surface area contributed by atoms with Gasteiger partial charge in [-0.2, -0.15) is 0 Å². The van der Waals surface area contributed by atoms with E-state index in [-0.39, 0.29) is 24.8 Å². The normalized spacial score (nSPS) is 16.8. The molecule has 1 aromatic carbocycles. The number of imide groups is 1. The van der Waals surface area contributed by atoms with Crippen LogP contribution in [0, 0.1) is 11.8 Å². The second kappa shape index (κ2) is 23.7. The minimum atomic E-state index is -1.86. The van der Waals surface area contributed by atoms with Crippen molar-refractivity contribution in [3.63, 3.8) is 0 Å². The van der Waals surface area contributed by atoms with Crippen molar-refractivity contribution in [2.45, 2.75) is 115 Å². The Bertz CT molecular complexity index is 1620.